The van der Waals surface area contributed by atoms with Crippen LogP contribution in [0.25, 0.3) is 0 Å². The molecule has 20 heavy (non-hydrogen) atoms. The van der Waals surface area contributed by atoms with Crippen LogP contribution in [0.3, 0.4) is 0 Å². The zero-order valence-corrected chi connectivity index (χ0v) is 13.8. The average Bonchev–Trinajstić information content (AvgIpc) is 2.42. The maximum atomic E-state index is 6.29. The van der Waals surface area contributed by atoms with Crippen molar-refractivity contribution in [2.45, 2.75) is 18.9 Å². The fourth-order valence-electron chi connectivity index (χ4n) is 2.46. The predicted octanol–water partition coefficient (Wildman–Crippen LogP) is 3.49. The Morgan fingerprint density at radius 3 is 2.70 bits per heavy atom. The molecule has 0 saturated carbocycles. The molecule has 0 bridgehead atoms. The summed E-state index contributed by atoms with van der Waals surface area (Å²) in [7, 11) is 0. The third-order valence-electron chi connectivity index (χ3n) is 3.40. The summed E-state index contributed by atoms with van der Waals surface area (Å²) >= 11 is 6.29. The highest BCUT2D eigenvalue weighted by atomic mass is 35.5. The summed E-state index contributed by atoms with van der Waals surface area (Å²) in [6.07, 6.45) is 7.61. The maximum Gasteiger partial charge on any atom is 0.0637 e. The number of halogens is 3. The van der Waals surface area contributed by atoms with E-state index in [-0.39, 0.29) is 24.8 Å². The minimum absolute atomic E-state index is 0. The van der Waals surface area contributed by atoms with E-state index < -0.39 is 0 Å². The van der Waals surface area contributed by atoms with E-state index in [9.17, 15) is 0 Å². The van der Waals surface area contributed by atoms with Crippen LogP contribution < -0.4 is 5.32 Å². The lowest BCUT2D eigenvalue weighted by Gasteiger charge is -2.35. The molecule has 2 rings (SSSR count). The van der Waals surface area contributed by atoms with E-state index in [1.807, 2.05) is 18.3 Å². The van der Waals surface area contributed by atoms with Crippen LogP contribution in [0, 0.1) is 0 Å². The van der Waals surface area contributed by atoms with Gasteiger partial charge in [-0.3, -0.25) is 9.88 Å². The molecule has 1 aromatic heterocycles. The van der Waals surface area contributed by atoms with E-state index in [1.165, 1.54) is 5.56 Å². The smallest absolute Gasteiger partial charge is 0.0637 e. The Labute approximate surface area is 138 Å². The van der Waals surface area contributed by atoms with Crippen molar-refractivity contribution in [2.75, 3.05) is 26.2 Å². The molecule has 0 radical (unpaired) electrons. The van der Waals surface area contributed by atoms with Crippen LogP contribution in [0.1, 0.15) is 24.4 Å². The lowest BCUT2D eigenvalue weighted by molar-refractivity contribution is 0.166. The molecule has 0 spiro atoms. The first-order valence-corrected chi connectivity index (χ1v) is 6.86. The number of piperazine rings is 1. The van der Waals surface area contributed by atoms with Gasteiger partial charge in [-0.1, -0.05) is 17.7 Å². The van der Waals surface area contributed by atoms with Crippen molar-refractivity contribution in [3.05, 3.63) is 41.7 Å². The van der Waals surface area contributed by atoms with Gasteiger partial charge >= 0.3 is 0 Å². The second-order valence-electron chi connectivity index (χ2n) is 4.56. The third kappa shape index (κ3) is 5.23. The van der Waals surface area contributed by atoms with E-state index in [2.05, 4.69) is 21.8 Å². The first-order chi connectivity index (χ1) is 8.83. The van der Waals surface area contributed by atoms with Crippen LogP contribution in [0.5, 0.6) is 0 Å². The van der Waals surface area contributed by atoms with Gasteiger partial charge in [0.15, 0.2) is 0 Å². The van der Waals surface area contributed by atoms with Gasteiger partial charge in [-0.25, -0.2) is 0 Å². The molecule has 1 fully saturated rings. The van der Waals surface area contributed by atoms with Gasteiger partial charge in [0.05, 0.1) is 5.02 Å². The van der Waals surface area contributed by atoms with E-state index in [4.69, 9.17) is 11.6 Å². The fraction of sp³-hybridized carbons (Fsp3) is 0.500. The first-order valence-electron chi connectivity index (χ1n) is 6.48. The van der Waals surface area contributed by atoms with Gasteiger partial charge in [-0.15, -0.1) is 31.4 Å². The van der Waals surface area contributed by atoms with Gasteiger partial charge in [0, 0.05) is 44.6 Å². The Hall–Kier alpha value is -0.320. The zero-order valence-electron chi connectivity index (χ0n) is 11.4. The van der Waals surface area contributed by atoms with Crippen molar-refractivity contribution >= 4 is 36.4 Å². The minimum atomic E-state index is 0. The van der Waals surface area contributed by atoms with Crippen LogP contribution >= 0.6 is 36.4 Å². The summed E-state index contributed by atoms with van der Waals surface area (Å²) in [6, 6.07) is 2.42. The minimum Gasteiger partial charge on any atom is -0.314 e. The third-order valence-corrected chi connectivity index (χ3v) is 3.72. The number of nitrogens with one attached hydrogen (secondary N) is 1. The monoisotopic (exact) mass is 337 g/mol. The normalized spacial score (nSPS) is 16.6. The largest absolute Gasteiger partial charge is 0.314 e. The van der Waals surface area contributed by atoms with E-state index in [0.29, 0.717) is 6.04 Å². The molecule has 1 aromatic rings. The molecular weight excluding hydrogens is 317 g/mol. The average molecular weight is 339 g/mol. The number of nitrogens with zero attached hydrogens (tertiary/aromatic N) is 2. The SMILES string of the molecule is C=CCC[C@H](c1ccncc1Cl)N1CCNCC1.Cl.Cl. The van der Waals surface area contributed by atoms with Gasteiger partial charge in [0.25, 0.3) is 0 Å². The molecule has 1 aliphatic heterocycles. The second-order valence-corrected chi connectivity index (χ2v) is 4.97. The van der Waals surface area contributed by atoms with Gasteiger partial charge in [0.1, 0.15) is 0 Å². The maximum absolute atomic E-state index is 6.29. The van der Waals surface area contributed by atoms with Crippen LogP contribution in [0.2, 0.25) is 5.02 Å². The Bertz CT molecular complexity index is 395. The zero-order chi connectivity index (χ0) is 12.8. The molecule has 2 heterocycles. The van der Waals surface area contributed by atoms with E-state index >= 15 is 0 Å². The fourth-order valence-corrected chi connectivity index (χ4v) is 2.71. The molecule has 6 heteroatoms. The van der Waals surface area contributed by atoms with Crippen molar-refractivity contribution in [1.29, 1.82) is 0 Å². The number of hydrogen-bond donors (Lipinski definition) is 1. The molecule has 0 aliphatic carbocycles. The lowest BCUT2D eigenvalue weighted by Crippen LogP contribution is -2.45. The molecule has 0 amide bonds. The number of pyridine rings is 1. The Balaban J connectivity index is 0.00000180. The van der Waals surface area contributed by atoms with Crippen LogP contribution in [-0.4, -0.2) is 36.1 Å². The molecule has 1 atom stereocenters. The lowest BCUT2D eigenvalue weighted by atomic mass is 10.0. The Kier molecular flexibility index (Phi) is 10.2. The highest BCUT2D eigenvalue weighted by molar-refractivity contribution is 6.31. The second kappa shape index (κ2) is 10.4. The van der Waals surface area contributed by atoms with Crippen molar-refractivity contribution in [2.24, 2.45) is 0 Å². The molecule has 114 valence electrons. The summed E-state index contributed by atoms with van der Waals surface area (Å²) in [5.41, 5.74) is 1.19. The van der Waals surface area contributed by atoms with Gasteiger partial charge in [-0.2, -0.15) is 0 Å². The number of aromatic nitrogens is 1. The highest BCUT2D eigenvalue weighted by Gasteiger charge is 2.23. The Morgan fingerprint density at radius 2 is 2.10 bits per heavy atom. The molecule has 1 N–H and O–H groups in total. The standard InChI is InChI=1S/C14H20ClN3.2ClH/c1-2-3-4-14(18-9-7-16-8-10-18)12-5-6-17-11-13(12)15;;/h2,5-6,11,14,16H,1,3-4,7-10H2;2*1H/t14-;;/m1../s1. The van der Waals surface area contributed by atoms with Crippen molar-refractivity contribution in [3.63, 3.8) is 0 Å². The summed E-state index contributed by atoms with van der Waals surface area (Å²) < 4.78 is 0. The van der Waals surface area contributed by atoms with Crippen molar-refractivity contribution in [1.82, 2.24) is 15.2 Å². The highest BCUT2D eigenvalue weighted by Crippen LogP contribution is 2.30. The predicted molar refractivity (Wildman–Crippen MR) is 90.4 cm³/mol. The molecular formula is C14H22Cl3N3. The summed E-state index contributed by atoms with van der Waals surface area (Å²) in [6.45, 7) is 8.06. The topological polar surface area (TPSA) is 28.2 Å². The van der Waals surface area contributed by atoms with Crippen LogP contribution in [0.15, 0.2) is 31.1 Å². The number of hydrogen-bond acceptors (Lipinski definition) is 3. The van der Waals surface area contributed by atoms with Gasteiger partial charge in [0.2, 0.25) is 0 Å². The van der Waals surface area contributed by atoms with Crippen molar-refractivity contribution in [3.8, 4) is 0 Å². The summed E-state index contributed by atoms with van der Waals surface area (Å²) in [5.74, 6) is 0. The molecule has 0 unspecified atom stereocenters. The molecule has 3 nitrogen and oxygen atoms in total. The van der Waals surface area contributed by atoms with E-state index in [1.54, 1.807) is 6.20 Å². The number of rotatable bonds is 5. The number of allylic oxidation sites excluding steroid dienone is 1. The summed E-state index contributed by atoms with van der Waals surface area (Å²) in [5, 5.41) is 4.15. The Morgan fingerprint density at radius 1 is 1.40 bits per heavy atom. The van der Waals surface area contributed by atoms with Crippen LogP contribution in [0.4, 0.5) is 0 Å². The van der Waals surface area contributed by atoms with E-state index in [0.717, 1.165) is 44.0 Å². The van der Waals surface area contributed by atoms with Gasteiger partial charge < -0.3 is 5.32 Å². The molecule has 0 aromatic carbocycles. The van der Waals surface area contributed by atoms with Crippen LogP contribution in [-0.2, 0) is 0 Å². The summed E-state index contributed by atoms with van der Waals surface area (Å²) in [4.78, 5) is 6.57. The quantitative estimate of drug-likeness (QED) is 0.833. The van der Waals surface area contributed by atoms with Gasteiger partial charge in [-0.05, 0) is 24.5 Å². The molecule has 1 aliphatic rings. The first kappa shape index (κ1) is 19.7. The molecule has 1 saturated heterocycles. The van der Waals surface area contributed by atoms with Crippen molar-refractivity contribution < 1.29 is 0 Å².